The lowest BCUT2D eigenvalue weighted by Crippen LogP contribution is -2.37. The van der Waals surface area contributed by atoms with Gasteiger partial charge in [0.15, 0.2) is 5.82 Å². The van der Waals surface area contributed by atoms with Crippen molar-refractivity contribution in [2.75, 3.05) is 25.2 Å². The first-order chi connectivity index (χ1) is 7.74. The number of hydrogen-bond donors (Lipinski definition) is 0. The van der Waals surface area contributed by atoms with Crippen LogP contribution in [0.25, 0.3) is 0 Å². The van der Waals surface area contributed by atoms with Gasteiger partial charge in [-0.25, -0.2) is 0 Å². The number of nitrogens with zero attached hydrogens (tertiary/aromatic N) is 4. The number of ether oxygens (including phenoxy) is 1. The van der Waals surface area contributed by atoms with Crippen molar-refractivity contribution in [3.63, 3.8) is 0 Å². The largest absolute Gasteiger partial charge is 0.383 e. The average molecular weight is 220 g/mol. The zero-order valence-corrected chi connectivity index (χ0v) is 9.84. The molecule has 0 amide bonds. The molecule has 0 aliphatic heterocycles. The molecule has 0 spiro atoms. The fourth-order valence-electron chi connectivity index (χ4n) is 1.63. The van der Waals surface area contributed by atoms with Crippen molar-refractivity contribution in [1.29, 1.82) is 5.26 Å². The molecular formula is C11H16N4O. The maximum atomic E-state index is 9.00. The second-order valence-corrected chi connectivity index (χ2v) is 3.47. The first-order valence-corrected chi connectivity index (χ1v) is 5.22. The summed E-state index contributed by atoms with van der Waals surface area (Å²) in [6.45, 7) is 5.40. The Balaban J connectivity index is 2.99. The summed E-state index contributed by atoms with van der Waals surface area (Å²) in [5.41, 5.74) is 0.541. The zero-order valence-electron chi connectivity index (χ0n) is 9.84. The first kappa shape index (κ1) is 12.4. The Kier molecular flexibility index (Phi) is 4.67. The number of rotatable bonds is 5. The molecule has 5 nitrogen and oxygen atoms in total. The summed E-state index contributed by atoms with van der Waals surface area (Å²) < 4.78 is 5.11. The lowest BCUT2D eigenvalue weighted by atomic mass is 10.2. The molecule has 0 bridgehead atoms. The lowest BCUT2D eigenvalue weighted by Gasteiger charge is -2.28. The Hall–Kier alpha value is -1.67. The highest BCUT2D eigenvalue weighted by Gasteiger charge is 2.17. The molecular weight excluding hydrogens is 204 g/mol. The van der Waals surface area contributed by atoms with E-state index in [4.69, 9.17) is 10.00 Å². The van der Waals surface area contributed by atoms with Gasteiger partial charge in [0, 0.05) is 13.7 Å². The summed E-state index contributed by atoms with van der Waals surface area (Å²) in [4.78, 5) is 2.01. The van der Waals surface area contributed by atoms with E-state index < -0.39 is 0 Å². The molecule has 0 saturated carbocycles. The molecule has 1 aromatic rings. The van der Waals surface area contributed by atoms with Gasteiger partial charge in [0.25, 0.3) is 0 Å². The van der Waals surface area contributed by atoms with Gasteiger partial charge in [-0.05, 0) is 19.9 Å². The normalized spacial score (nSPS) is 11.9. The summed E-state index contributed by atoms with van der Waals surface area (Å²) in [7, 11) is 1.66. The van der Waals surface area contributed by atoms with E-state index in [1.54, 1.807) is 13.2 Å². The van der Waals surface area contributed by atoms with Crippen molar-refractivity contribution in [1.82, 2.24) is 10.2 Å². The summed E-state index contributed by atoms with van der Waals surface area (Å²) in [5.74, 6) is 0.622. The van der Waals surface area contributed by atoms with Crippen LogP contribution >= 0.6 is 0 Å². The minimum Gasteiger partial charge on any atom is -0.383 e. The van der Waals surface area contributed by atoms with Crippen molar-refractivity contribution < 1.29 is 4.74 Å². The Morgan fingerprint density at radius 1 is 1.62 bits per heavy atom. The second kappa shape index (κ2) is 6.03. The van der Waals surface area contributed by atoms with Crippen LogP contribution in [0.15, 0.2) is 12.3 Å². The molecule has 0 aromatic carbocycles. The van der Waals surface area contributed by atoms with E-state index in [-0.39, 0.29) is 6.04 Å². The van der Waals surface area contributed by atoms with Crippen LogP contribution in [0.1, 0.15) is 19.4 Å². The van der Waals surface area contributed by atoms with Crippen LogP contribution in [0.2, 0.25) is 0 Å². The number of methoxy groups -OCH3 is 1. The smallest absolute Gasteiger partial charge is 0.169 e. The third-order valence-corrected chi connectivity index (χ3v) is 2.37. The fourth-order valence-corrected chi connectivity index (χ4v) is 1.63. The van der Waals surface area contributed by atoms with Crippen LogP contribution in [-0.2, 0) is 4.74 Å². The molecule has 86 valence electrons. The summed E-state index contributed by atoms with van der Waals surface area (Å²) in [6.07, 6.45) is 1.52. The van der Waals surface area contributed by atoms with Gasteiger partial charge >= 0.3 is 0 Å². The molecule has 0 fully saturated rings. The van der Waals surface area contributed by atoms with E-state index in [1.807, 2.05) is 18.7 Å². The quantitative estimate of drug-likeness (QED) is 0.746. The Morgan fingerprint density at radius 2 is 2.38 bits per heavy atom. The molecule has 1 rings (SSSR count). The number of anilines is 1. The molecule has 5 heteroatoms. The van der Waals surface area contributed by atoms with Crippen molar-refractivity contribution in [2.45, 2.75) is 19.9 Å². The van der Waals surface area contributed by atoms with Crippen LogP contribution in [0, 0.1) is 11.3 Å². The Labute approximate surface area is 95.7 Å². The van der Waals surface area contributed by atoms with E-state index >= 15 is 0 Å². The van der Waals surface area contributed by atoms with Gasteiger partial charge in [-0.3, -0.25) is 0 Å². The number of aromatic nitrogens is 2. The van der Waals surface area contributed by atoms with Gasteiger partial charge in [0.05, 0.1) is 24.4 Å². The van der Waals surface area contributed by atoms with Gasteiger partial charge < -0.3 is 9.64 Å². The highest BCUT2D eigenvalue weighted by molar-refractivity contribution is 5.53. The minimum absolute atomic E-state index is 0.166. The van der Waals surface area contributed by atoms with Crippen molar-refractivity contribution in [3.8, 4) is 6.07 Å². The van der Waals surface area contributed by atoms with E-state index in [1.165, 1.54) is 6.20 Å². The predicted octanol–water partition coefficient (Wildman–Crippen LogP) is 1.21. The predicted molar refractivity (Wildman–Crippen MR) is 61.1 cm³/mol. The van der Waals surface area contributed by atoms with Gasteiger partial charge in [-0.1, -0.05) is 0 Å². The topological polar surface area (TPSA) is 62.0 Å². The Morgan fingerprint density at radius 3 is 2.94 bits per heavy atom. The van der Waals surface area contributed by atoms with Crippen molar-refractivity contribution in [2.24, 2.45) is 0 Å². The summed E-state index contributed by atoms with van der Waals surface area (Å²) in [5, 5.41) is 16.8. The second-order valence-electron chi connectivity index (χ2n) is 3.47. The highest BCUT2D eigenvalue weighted by Crippen LogP contribution is 2.17. The van der Waals surface area contributed by atoms with Gasteiger partial charge in [0.1, 0.15) is 6.07 Å². The molecule has 0 aliphatic carbocycles. The van der Waals surface area contributed by atoms with Crippen LogP contribution in [-0.4, -0.2) is 36.5 Å². The molecule has 1 aromatic heterocycles. The van der Waals surface area contributed by atoms with Crippen LogP contribution in [0.3, 0.4) is 0 Å². The van der Waals surface area contributed by atoms with Crippen LogP contribution in [0.4, 0.5) is 5.82 Å². The van der Waals surface area contributed by atoms with Crippen molar-refractivity contribution >= 4 is 5.82 Å². The van der Waals surface area contributed by atoms with E-state index in [0.717, 1.165) is 6.54 Å². The third-order valence-electron chi connectivity index (χ3n) is 2.37. The van der Waals surface area contributed by atoms with Gasteiger partial charge in [-0.2, -0.15) is 10.4 Å². The molecule has 16 heavy (non-hydrogen) atoms. The number of likely N-dealkylation sites (N-methyl/N-ethyl adjacent to an activating group) is 1. The van der Waals surface area contributed by atoms with E-state index in [9.17, 15) is 0 Å². The van der Waals surface area contributed by atoms with Crippen LogP contribution in [0.5, 0.6) is 0 Å². The molecule has 1 heterocycles. The summed E-state index contributed by atoms with van der Waals surface area (Å²) in [6, 6.07) is 3.96. The fraction of sp³-hybridized carbons (Fsp3) is 0.545. The van der Waals surface area contributed by atoms with E-state index in [0.29, 0.717) is 18.0 Å². The molecule has 0 saturated heterocycles. The molecule has 1 atom stereocenters. The third kappa shape index (κ3) is 2.67. The maximum absolute atomic E-state index is 9.00. The SMILES string of the molecule is CCN(c1nnccc1C#N)C(C)COC. The Bertz CT molecular complexity index is 374. The molecule has 0 aliphatic rings. The maximum Gasteiger partial charge on any atom is 0.169 e. The van der Waals surface area contributed by atoms with Gasteiger partial charge in [0.2, 0.25) is 0 Å². The minimum atomic E-state index is 0.166. The van der Waals surface area contributed by atoms with E-state index in [2.05, 4.69) is 16.3 Å². The highest BCUT2D eigenvalue weighted by atomic mass is 16.5. The van der Waals surface area contributed by atoms with Gasteiger partial charge in [-0.15, -0.1) is 5.10 Å². The molecule has 0 radical (unpaired) electrons. The number of nitriles is 1. The average Bonchev–Trinajstić information content (AvgIpc) is 2.31. The zero-order chi connectivity index (χ0) is 12.0. The first-order valence-electron chi connectivity index (χ1n) is 5.22. The lowest BCUT2D eigenvalue weighted by molar-refractivity contribution is 0.181. The standard InChI is InChI=1S/C11H16N4O/c1-4-15(9(2)8-16-3)11-10(7-12)5-6-13-14-11/h5-6,9H,4,8H2,1-3H3. The van der Waals surface area contributed by atoms with Crippen LogP contribution < -0.4 is 4.90 Å². The number of hydrogen-bond acceptors (Lipinski definition) is 5. The molecule has 0 N–H and O–H groups in total. The summed E-state index contributed by atoms with van der Waals surface area (Å²) >= 11 is 0. The monoisotopic (exact) mass is 220 g/mol. The molecule has 1 unspecified atom stereocenters. The van der Waals surface area contributed by atoms with Crippen molar-refractivity contribution in [3.05, 3.63) is 17.8 Å².